The lowest BCUT2D eigenvalue weighted by atomic mass is 10.1. The van der Waals surface area contributed by atoms with Crippen LogP contribution < -0.4 is 9.46 Å². The van der Waals surface area contributed by atoms with Crippen LogP contribution >= 0.6 is 11.6 Å². The second-order valence-electron chi connectivity index (χ2n) is 5.58. The van der Waals surface area contributed by atoms with Crippen molar-refractivity contribution in [2.24, 2.45) is 0 Å². The molecule has 8 heteroatoms. The summed E-state index contributed by atoms with van der Waals surface area (Å²) in [5.41, 5.74) is -0.494. The number of amides is 1. The molecule has 0 aliphatic rings. The van der Waals surface area contributed by atoms with Crippen molar-refractivity contribution in [2.45, 2.75) is 0 Å². The van der Waals surface area contributed by atoms with Crippen molar-refractivity contribution in [1.29, 1.82) is 0 Å². The Labute approximate surface area is 154 Å². The summed E-state index contributed by atoms with van der Waals surface area (Å²) in [5.74, 6) is -1.61. The maximum atomic E-state index is 14.2. The minimum atomic E-state index is -3.82. The lowest BCUT2D eigenvalue weighted by Gasteiger charge is -2.11. The van der Waals surface area contributed by atoms with Crippen molar-refractivity contribution in [3.05, 3.63) is 71.0 Å². The maximum Gasteiger partial charge on any atom is 0.267 e. The fraction of sp³-hybridized carbons (Fsp3) is 0.0556. The fourth-order valence-corrected chi connectivity index (χ4v) is 3.01. The summed E-state index contributed by atoms with van der Waals surface area (Å²) in [7, 11) is -3.82. The Morgan fingerprint density at radius 1 is 1.08 bits per heavy atom. The first-order valence-corrected chi connectivity index (χ1v) is 9.68. The summed E-state index contributed by atoms with van der Waals surface area (Å²) in [4.78, 5) is 11.8. The number of hydrogen-bond acceptors (Lipinski definition) is 4. The van der Waals surface area contributed by atoms with Gasteiger partial charge in [0.15, 0.2) is 0 Å². The van der Waals surface area contributed by atoms with E-state index in [1.54, 1.807) is 16.9 Å². The van der Waals surface area contributed by atoms with Crippen LogP contribution in [0.5, 0.6) is 11.5 Å². The minimum absolute atomic E-state index is 0.00959. The molecule has 5 nitrogen and oxygen atoms in total. The summed E-state index contributed by atoms with van der Waals surface area (Å²) < 4.78 is 43.7. The molecule has 3 rings (SSSR count). The van der Waals surface area contributed by atoms with Crippen molar-refractivity contribution in [3.63, 3.8) is 0 Å². The van der Waals surface area contributed by atoms with Crippen LogP contribution in [0.1, 0.15) is 10.4 Å². The number of nitrogens with one attached hydrogen (secondary N) is 1. The van der Waals surface area contributed by atoms with Crippen LogP contribution in [0.4, 0.5) is 4.39 Å². The molecule has 0 aliphatic carbocycles. The van der Waals surface area contributed by atoms with E-state index in [4.69, 9.17) is 16.3 Å². The summed E-state index contributed by atoms with van der Waals surface area (Å²) >= 11 is 6.06. The molecule has 0 fully saturated rings. The van der Waals surface area contributed by atoms with E-state index in [9.17, 15) is 17.6 Å². The zero-order valence-corrected chi connectivity index (χ0v) is 15.1. The van der Waals surface area contributed by atoms with E-state index in [1.165, 1.54) is 0 Å². The lowest BCUT2D eigenvalue weighted by molar-refractivity contribution is 0.0977. The average molecular weight is 394 g/mol. The Bertz CT molecular complexity index is 1120. The Morgan fingerprint density at radius 2 is 1.77 bits per heavy atom. The molecule has 0 bridgehead atoms. The predicted molar refractivity (Wildman–Crippen MR) is 97.7 cm³/mol. The van der Waals surface area contributed by atoms with Crippen LogP contribution in [-0.4, -0.2) is 20.6 Å². The first kappa shape index (κ1) is 18.2. The predicted octanol–water partition coefficient (Wildman–Crippen LogP) is 4.11. The van der Waals surface area contributed by atoms with Crippen LogP contribution in [0.15, 0.2) is 54.6 Å². The van der Waals surface area contributed by atoms with Gasteiger partial charge in [-0.1, -0.05) is 41.9 Å². The molecule has 1 amide bonds. The number of sulfonamides is 1. The van der Waals surface area contributed by atoms with Gasteiger partial charge in [0.05, 0.1) is 16.8 Å². The van der Waals surface area contributed by atoms with E-state index < -0.39 is 27.3 Å². The molecule has 0 radical (unpaired) electrons. The summed E-state index contributed by atoms with van der Waals surface area (Å²) in [6.07, 6.45) is 0.793. The standard InChI is InChI=1S/C18H13ClFNO4S/c1-26(23,24)21-18(22)14-9-15(19)17(10-16(14)20)25-13-7-6-11-4-2-3-5-12(11)8-13/h2-10H,1H3,(H,21,22). The van der Waals surface area contributed by atoms with E-state index in [1.807, 2.05) is 30.3 Å². The van der Waals surface area contributed by atoms with Gasteiger partial charge in [0.1, 0.15) is 17.3 Å². The molecule has 0 atom stereocenters. The van der Waals surface area contributed by atoms with Gasteiger partial charge in [0, 0.05) is 6.07 Å². The smallest absolute Gasteiger partial charge is 0.267 e. The summed E-state index contributed by atoms with van der Waals surface area (Å²) in [6.45, 7) is 0. The molecule has 0 saturated carbocycles. The van der Waals surface area contributed by atoms with Crippen LogP contribution in [0, 0.1) is 5.82 Å². The molecule has 0 aliphatic heterocycles. The third kappa shape index (κ3) is 4.12. The third-order valence-electron chi connectivity index (χ3n) is 3.49. The zero-order valence-electron chi connectivity index (χ0n) is 13.5. The van der Waals surface area contributed by atoms with Gasteiger partial charge in [-0.25, -0.2) is 17.5 Å². The highest BCUT2D eigenvalue weighted by Crippen LogP contribution is 2.33. The van der Waals surface area contributed by atoms with Gasteiger partial charge in [-0.2, -0.15) is 0 Å². The van der Waals surface area contributed by atoms with Crippen molar-refractivity contribution in [3.8, 4) is 11.5 Å². The highest BCUT2D eigenvalue weighted by atomic mass is 35.5. The molecule has 0 unspecified atom stereocenters. The number of hydrogen-bond donors (Lipinski definition) is 1. The Hall–Kier alpha value is -2.64. The molecular weight excluding hydrogens is 381 g/mol. The first-order chi connectivity index (χ1) is 12.2. The van der Waals surface area contributed by atoms with Crippen molar-refractivity contribution in [2.75, 3.05) is 6.26 Å². The van der Waals surface area contributed by atoms with Crippen LogP contribution in [-0.2, 0) is 10.0 Å². The third-order valence-corrected chi connectivity index (χ3v) is 4.34. The van der Waals surface area contributed by atoms with Crippen molar-refractivity contribution in [1.82, 2.24) is 4.72 Å². The molecule has 3 aromatic carbocycles. The number of ether oxygens (including phenoxy) is 1. The van der Waals surface area contributed by atoms with Crippen LogP contribution in [0.2, 0.25) is 5.02 Å². The number of benzene rings is 3. The van der Waals surface area contributed by atoms with Crippen molar-refractivity contribution >= 4 is 38.3 Å². The summed E-state index contributed by atoms with van der Waals surface area (Å²) in [5, 5.41) is 1.92. The SMILES string of the molecule is CS(=O)(=O)NC(=O)c1cc(Cl)c(Oc2ccc3ccccc3c2)cc1F. The molecule has 134 valence electrons. The second-order valence-corrected chi connectivity index (χ2v) is 7.73. The molecule has 0 spiro atoms. The lowest BCUT2D eigenvalue weighted by Crippen LogP contribution is -2.30. The van der Waals surface area contributed by atoms with Gasteiger partial charge in [-0.15, -0.1) is 0 Å². The number of carbonyl (C=O) groups is 1. The molecule has 3 aromatic rings. The van der Waals surface area contributed by atoms with Gasteiger partial charge in [-0.05, 0) is 29.0 Å². The monoisotopic (exact) mass is 393 g/mol. The zero-order chi connectivity index (χ0) is 18.9. The molecule has 0 heterocycles. The Kier molecular flexibility index (Phi) is 4.84. The number of rotatable bonds is 4. The van der Waals surface area contributed by atoms with Gasteiger partial charge in [-0.3, -0.25) is 4.79 Å². The highest BCUT2D eigenvalue weighted by molar-refractivity contribution is 7.89. The highest BCUT2D eigenvalue weighted by Gasteiger charge is 2.19. The van der Waals surface area contributed by atoms with E-state index in [-0.39, 0.29) is 10.8 Å². The molecule has 0 saturated heterocycles. The van der Waals surface area contributed by atoms with Crippen molar-refractivity contribution < 1.29 is 22.3 Å². The second kappa shape index (κ2) is 6.93. The van der Waals surface area contributed by atoms with E-state index in [0.29, 0.717) is 5.75 Å². The topological polar surface area (TPSA) is 72.5 Å². The molecule has 0 aromatic heterocycles. The molecule has 26 heavy (non-hydrogen) atoms. The summed E-state index contributed by atoms with van der Waals surface area (Å²) in [6, 6.07) is 14.9. The number of fused-ring (bicyclic) bond motifs is 1. The average Bonchev–Trinajstić information content (AvgIpc) is 2.56. The molecular formula is C18H13ClFNO4S. The minimum Gasteiger partial charge on any atom is -0.456 e. The quantitative estimate of drug-likeness (QED) is 0.723. The van der Waals surface area contributed by atoms with Crippen LogP contribution in [0.25, 0.3) is 10.8 Å². The Balaban J connectivity index is 1.91. The normalized spacial score (nSPS) is 11.3. The van der Waals surface area contributed by atoms with E-state index >= 15 is 0 Å². The maximum absolute atomic E-state index is 14.2. The van der Waals surface area contributed by atoms with Gasteiger partial charge >= 0.3 is 0 Å². The van der Waals surface area contributed by atoms with Crippen LogP contribution in [0.3, 0.4) is 0 Å². The Morgan fingerprint density at radius 3 is 2.46 bits per heavy atom. The van der Waals surface area contributed by atoms with Gasteiger partial charge < -0.3 is 4.74 Å². The van der Waals surface area contributed by atoms with E-state index in [2.05, 4.69) is 0 Å². The van der Waals surface area contributed by atoms with E-state index in [0.717, 1.165) is 29.2 Å². The number of carbonyl (C=O) groups excluding carboxylic acids is 1. The molecule has 1 N–H and O–H groups in total. The largest absolute Gasteiger partial charge is 0.456 e. The fourth-order valence-electron chi connectivity index (χ4n) is 2.36. The van der Waals surface area contributed by atoms with Gasteiger partial charge in [0.2, 0.25) is 10.0 Å². The first-order valence-electron chi connectivity index (χ1n) is 7.41. The number of halogens is 2. The van der Waals surface area contributed by atoms with Gasteiger partial charge in [0.25, 0.3) is 5.91 Å².